The molecule has 2 saturated heterocycles. The minimum absolute atomic E-state index is 0. The summed E-state index contributed by atoms with van der Waals surface area (Å²) in [5, 5.41) is 7.01. The predicted molar refractivity (Wildman–Crippen MR) is 140 cm³/mol. The van der Waals surface area contributed by atoms with Gasteiger partial charge in [-0.2, -0.15) is 0 Å². The Morgan fingerprint density at radius 3 is 2.62 bits per heavy atom. The first-order valence-corrected chi connectivity index (χ1v) is 11.8. The van der Waals surface area contributed by atoms with Crippen LogP contribution in [-0.4, -0.2) is 50.2 Å². The highest BCUT2D eigenvalue weighted by molar-refractivity contribution is 14.0. The first-order valence-electron chi connectivity index (χ1n) is 11.8. The van der Waals surface area contributed by atoms with Gasteiger partial charge in [0.15, 0.2) is 5.96 Å². The molecule has 0 saturated carbocycles. The highest BCUT2D eigenvalue weighted by atomic mass is 127. The Balaban J connectivity index is 0.00000289. The van der Waals surface area contributed by atoms with Crippen molar-refractivity contribution in [3.8, 4) is 0 Å². The van der Waals surface area contributed by atoms with E-state index in [9.17, 15) is 0 Å². The van der Waals surface area contributed by atoms with E-state index in [1.165, 1.54) is 18.4 Å². The van der Waals surface area contributed by atoms with Gasteiger partial charge in [-0.25, -0.2) is 0 Å². The number of nitrogens with zero attached hydrogens (tertiary/aromatic N) is 2. The van der Waals surface area contributed by atoms with Crippen LogP contribution in [0.25, 0.3) is 0 Å². The molecular weight excluding hydrogens is 515 g/mol. The number of rotatable bonds is 8. The Kier molecular flexibility index (Phi) is 10.3. The van der Waals surface area contributed by atoms with Crippen molar-refractivity contribution in [2.45, 2.75) is 44.8 Å². The van der Waals surface area contributed by atoms with Gasteiger partial charge in [-0.1, -0.05) is 30.3 Å². The Morgan fingerprint density at radius 2 is 1.91 bits per heavy atom. The number of hydrogen-bond acceptors (Lipinski definition) is 4. The van der Waals surface area contributed by atoms with Gasteiger partial charge in [0, 0.05) is 25.6 Å². The molecule has 176 valence electrons. The van der Waals surface area contributed by atoms with Gasteiger partial charge in [0.2, 0.25) is 0 Å². The molecule has 1 aromatic carbocycles. The van der Waals surface area contributed by atoms with E-state index in [4.69, 9.17) is 14.1 Å². The lowest BCUT2D eigenvalue weighted by Gasteiger charge is -2.32. The lowest BCUT2D eigenvalue weighted by atomic mass is 9.89. The number of ether oxygens (including phenoxy) is 1. The number of guanidine groups is 1. The fourth-order valence-corrected chi connectivity index (χ4v) is 4.73. The summed E-state index contributed by atoms with van der Waals surface area (Å²) >= 11 is 0. The number of likely N-dealkylation sites (tertiary alicyclic amines) is 1. The van der Waals surface area contributed by atoms with Crippen molar-refractivity contribution in [3.05, 3.63) is 60.1 Å². The van der Waals surface area contributed by atoms with Crippen LogP contribution in [0, 0.1) is 5.92 Å². The molecular formula is C25H37IN4O2. The Hall–Kier alpha value is -1.58. The maximum absolute atomic E-state index is 6.16. The van der Waals surface area contributed by atoms with Crippen LogP contribution < -0.4 is 10.6 Å². The molecule has 0 aliphatic carbocycles. The van der Waals surface area contributed by atoms with E-state index in [1.807, 2.05) is 6.07 Å². The molecule has 2 N–H and O–H groups in total. The molecule has 2 fully saturated rings. The minimum Gasteiger partial charge on any atom is -0.468 e. The molecule has 32 heavy (non-hydrogen) atoms. The Bertz CT molecular complexity index is 794. The van der Waals surface area contributed by atoms with Crippen LogP contribution in [0.4, 0.5) is 0 Å². The molecule has 3 unspecified atom stereocenters. The average molecular weight is 553 g/mol. The van der Waals surface area contributed by atoms with E-state index in [1.54, 1.807) is 6.26 Å². The van der Waals surface area contributed by atoms with Gasteiger partial charge in [-0.05, 0) is 63.4 Å². The Morgan fingerprint density at radius 1 is 1.09 bits per heavy atom. The van der Waals surface area contributed by atoms with Gasteiger partial charge in [-0.3, -0.25) is 9.89 Å². The van der Waals surface area contributed by atoms with Crippen molar-refractivity contribution in [2.24, 2.45) is 10.9 Å². The van der Waals surface area contributed by atoms with Gasteiger partial charge >= 0.3 is 0 Å². The van der Waals surface area contributed by atoms with E-state index in [0.29, 0.717) is 12.5 Å². The summed E-state index contributed by atoms with van der Waals surface area (Å²) in [4.78, 5) is 7.44. The predicted octanol–water partition coefficient (Wildman–Crippen LogP) is 4.76. The Labute approximate surface area is 209 Å². The molecule has 4 rings (SSSR count). The number of hydrogen-bond donors (Lipinski definition) is 2. The minimum atomic E-state index is 0. The van der Waals surface area contributed by atoms with Crippen molar-refractivity contribution in [2.75, 3.05) is 39.3 Å². The first kappa shape index (κ1) is 25.1. The zero-order valence-electron chi connectivity index (χ0n) is 19.0. The monoisotopic (exact) mass is 552 g/mol. The highest BCUT2D eigenvalue weighted by Gasteiger charge is 2.28. The SMILES string of the molecule is CCNC(=NCC(c1ccco1)N1CCCC1)NCC1CCCOC1c1ccccc1.I. The zero-order valence-corrected chi connectivity index (χ0v) is 21.4. The van der Waals surface area contributed by atoms with Gasteiger partial charge < -0.3 is 19.8 Å². The maximum atomic E-state index is 6.16. The third-order valence-corrected chi connectivity index (χ3v) is 6.32. The summed E-state index contributed by atoms with van der Waals surface area (Å²) in [6, 6.07) is 14.8. The van der Waals surface area contributed by atoms with Crippen LogP contribution >= 0.6 is 24.0 Å². The van der Waals surface area contributed by atoms with Crippen LogP contribution in [0.5, 0.6) is 0 Å². The summed E-state index contributed by atoms with van der Waals surface area (Å²) in [5.41, 5.74) is 1.27. The normalized spacial score (nSPS) is 22.8. The second-order valence-electron chi connectivity index (χ2n) is 8.48. The number of aliphatic imine (C=N–C) groups is 1. The summed E-state index contributed by atoms with van der Waals surface area (Å²) < 4.78 is 11.9. The van der Waals surface area contributed by atoms with Gasteiger partial charge in [0.05, 0.1) is 25.0 Å². The largest absolute Gasteiger partial charge is 0.468 e. The van der Waals surface area contributed by atoms with Crippen LogP contribution in [0.3, 0.4) is 0 Å². The quantitative estimate of drug-likeness (QED) is 0.281. The molecule has 0 amide bonds. The molecule has 3 heterocycles. The molecule has 3 atom stereocenters. The van der Waals surface area contributed by atoms with E-state index in [-0.39, 0.29) is 36.1 Å². The van der Waals surface area contributed by atoms with Crippen molar-refractivity contribution >= 4 is 29.9 Å². The van der Waals surface area contributed by atoms with Gasteiger partial charge in [-0.15, -0.1) is 24.0 Å². The molecule has 0 bridgehead atoms. The fourth-order valence-electron chi connectivity index (χ4n) is 4.73. The zero-order chi connectivity index (χ0) is 21.3. The van der Waals surface area contributed by atoms with Gasteiger partial charge in [0.1, 0.15) is 5.76 Å². The number of nitrogens with one attached hydrogen (secondary N) is 2. The maximum Gasteiger partial charge on any atom is 0.191 e. The lowest BCUT2D eigenvalue weighted by Crippen LogP contribution is -2.42. The van der Waals surface area contributed by atoms with E-state index in [0.717, 1.165) is 57.3 Å². The lowest BCUT2D eigenvalue weighted by molar-refractivity contribution is -0.0265. The number of halogens is 1. The molecule has 0 radical (unpaired) electrons. The van der Waals surface area contributed by atoms with Crippen molar-refractivity contribution < 1.29 is 9.15 Å². The highest BCUT2D eigenvalue weighted by Crippen LogP contribution is 2.33. The smallest absolute Gasteiger partial charge is 0.191 e. The average Bonchev–Trinajstić information content (AvgIpc) is 3.54. The standard InChI is InChI=1S/C25H36N4O2.HI/c1-2-26-25(28-19-22(23-13-9-16-30-23)29-14-6-7-15-29)27-18-21-12-8-17-31-24(21)20-10-4-3-5-11-20;/h3-5,9-11,13,16,21-22,24H,2,6-8,12,14-15,17-19H2,1H3,(H2,26,27,28);1H. The van der Waals surface area contributed by atoms with Crippen molar-refractivity contribution in [3.63, 3.8) is 0 Å². The summed E-state index contributed by atoms with van der Waals surface area (Å²) in [6.07, 6.45) is 6.68. The van der Waals surface area contributed by atoms with Crippen LogP contribution in [0.2, 0.25) is 0 Å². The summed E-state index contributed by atoms with van der Waals surface area (Å²) in [7, 11) is 0. The van der Waals surface area contributed by atoms with Crippen molar-refractivity contribution in [1.82, 2.24) is 15.5 Å². The first-order chi connectivity index (χ1) is 15.3. The van der Waals surface area contributed by atoms with E-state index >= 15 is 0 Å². The molecule has 7 heteroatoms. The summed E-state index contributed by atoms with van der Waals surface area (Å²) in [6.45, 7) is 7.55. The molecule has 0 spiro atoms. The van der Waals surface area contributed by atoms with Gasteiger partial charge in [0.25, 0.3) is 0 Å². The van der Waals surface area contributed by atoms with Crippen LogP contribution in [-0.2, 0) is 4.74 Å². The third kappa shape index (κ3) is 6.71. The van der Waals surface area contributed by atoms with Crippen LogP contribution in [0.1, 0.15) is 56.1 Å². The number of furan rings is 1. The summed E-state index contributed by atoms with van der Waals surface area (Å²) in [5.74, 6) is 2.31. The molecule has 1 aromatic heterocycles. The molecule has 2 aliphatic heterocycles. The fraction of sp³-hybridized carbons (Fsp3) is 0.560. The second-order valence-corrected chi connectivity index (χ2v) is 8.48. The molecule has 2 aliphatic rings. The number of benzene rings is 1. The van der Waals surface area contributed by atoms with E-state index < -0.39 is 0 Å². The topological polar surface area (TPSA) is 62.0 Å². The third-order valence-electron chi connectivity index (χ3n) is 6.32. The molecule has 2 aromatic rings. The second kappa shape index (κ2) is 13.2. The van der Waals surface area contributed by atoms with Crippen LogP contribution in [0.15, 0.2) is 58.1 Å². The van der Waals surface area contributed by atoms with E-state index in [2.05, 4.69) is 58.9 Å². The van der Waals surface area contributed by atoms with Crippen molar-refractivity contribution in [1.29, 1.82) is 0 Å². The molecule has 6 nitrogen and oxygen atoms in total.